The Labute approximate surface area is 112 Å². The Morgan fingerprint density at radius 1 is 1.22 bits per heavy atom. The number of amides is 1. The van der Waals surface area contributed by atoms with Crippen molar-refractivity contribution in [1.82, 2.24) is 9.88 Å². The number of carbonyl (C=O) groups is 1. The zero-order valence-corrected chi connectivity index (χ0v) is 11.8. The van der Waals surface area contributed by atoms with E-state index in [1.54, 1.807) is 11.3 Å². The third kappa shape index (κ3) is 2.23. The van der Waals surface area contributed by atoms with Gasteiger partial charge in [0.1, 0.15) is 0 Å². The number of aromatic nitrogens is 1. The van der Waals surface area contributed by atoms with E-state index in [1.807, 2.05) is 4.90 Å². The number of hydrogen-bond acceptors (Lipinski definition) is 4. The minimum atomic E-state index is 0.348. The summed E-state index contributed by atoms with van der Waals surface area (Å²) in [6.45, 7) is 7.72. The van der Waals surface area contributed by atoms with E-state index >= 15 is 0 Å². The van der Waals surface area contributed by atoms with E-state index < -0.39 is 0 Å². The van der Waals surface area contributed by atoms with Crippen LogP contribution in [0.3, 0.4) is 0 Å². The minimum absolute atomic E-state index is 0.348. The van der Waals surface area contributed by atoms with Crippen molar-refractivity contribution in [3.8, 4) is 0 Å². The highest BCUT2D eigenvalue weighted by molar-refractivity contribution is 7.15. The Balaban J connectivity index is 1.60. The maximum Gasteiger partial charge on any atom is 0.225 e. The molecule has 0 unspecified atom stereocenters. The molecule has 1 saturated heterocycles. The molecule has 1 amide bonds. The van der Waals surface area contributed by atoms with Crippen molar-refractivity contribution in [2.24, 2.45) is 5.92 Å². The Morgan fingerprint density at radius 3 is 2.39 bits per heavy atom. The minimum Gasteiger partial charge on any atom is -0.345 e. The highest BCUT2D eigenvalue weighted by Crippen LogP contribution is 2.32. The number of carbonyl (C=O) groups excluding carboxylic acids is 1. The van der Waals surface area contributed by atoms with Crippen LogP contribution in [0.1, 0.15) is 23.4 Å². The summed E-state index contributed by atoms with van der Waals surface area (Å²) in [5.41, 5.74) is 1.13. The number of thiazole rings is 1. The van der Waals surface area contributed by atoms with Gasteiger partial charge in [-0.15, -0.1) is 11.3 Å². The molecule has 0 spiro atoms. The number of hydrogen-bond donors (Lipinski definition) is 0. The fourth-order valence-corrected chi connectivity index (χ4v) is 3.26. The van der Waals surface area contributed by atoms with Gasteiger partial charge in [0.05, 0.1) is 5.69 Å². The second-order valence-electron chi connectivity index (χ2n) is 5.22. The fraction of sp³-hybridized carbons (Fsp3) is 0.692. The summed E-state index contributed by atoms with van der Waals surface area (Å²) in [6, 6.07) is 0. The van der Waals surface area contributed by atoms with Crippen LogP contribution in [-0.2, 0) is 4.79 Å². The highest BCUT2D eigenvalue weighted by atomic mass is 32.1. The average molecular weight is 265 g/mol. The van der Waals surface area contributed by atoms with E-state index in [4.69, 9.17) is 0 Å². The molecular formula is C13H19N3OS. The predicted octanol–water partition coefficient (Wildman–Crippen LogP) is 1.82. The third-order valence-corrected chi connectivity index (χ3v) is 4.94. The molecule has 1 aliphatic heterocycles. The molecule has 0 bridgehead atoms. The topological polar surface area (TPSA) is 36.4 Å². The first-order valence-corrected chi connectivity index (χ1v) is 7.44. The van der Waals surface area contributed by atoms with Crippen LogP contribution in [0.2, 0.25) is 0 Å². The zero-order chi connectivity index (χ0) is 12.7. The van der Waals surface area contributed by atoms with Crippen molar-refractivity contribution in [3.05, 3.63) is 10.6 Å². The SMILES string of the molecule is Cc1nc(N2CCN(C(=O)C3CC3)CC2)sc1C. The first-order valence-electron chi connectivity index (χ1n) is 6.63. The van der Waals surface area contributed by atoms with E-state index in [2.05, 4.69) is 23.7 Å². The largest absolute Gasteiger partial charge is 0.345 e. The van der Waals surface area contributed by atoms with Gasteiger partial charge in [0.2, 0.25) is 5.91 Å². The molecule has 5 heteroatoms. The fourth-order valence-electron chi connectivity index (χ4n) is 2.30. The molecule has 4 nitrogen and oxygen atoms in total. The smallest absolute Gasteiger partial charge is 0.225 e. The lowest BCUT2D eigenvalue weighted by atomic mass is 10.3. The lowest BCUT2D eigenvalue weighted by molar-refractivity contribution is -0.132. The van der Waals surface area contributed by atoms with Gasteiger partial charge in [0.25, 0.3) is 0 Å². The van der Waals surface area contributed by atoms with Crippen LogP contribution in [-0.4, -0.2) is 42.0 Å². The number of piperazine rings is 1. The van der Waals surface area contributed by atoms with Gasteiger partial charge in [-0.3, -0.25) is 4.79 Å². The summed E-state index contributed by atoms with van der Waals surface area (Å²) < 4.78 is 0. The van der Waals surface area contributed by atoms with Crippen molar-refractivity contribution in [3.63, 3.8) is 0 Å². The van der Waals surface area contributed by atoms with Gasteiger partial charge in [0, 0.05) is 37.0 Å². The van der Waals surface area contributed by atoms with Crippen molar-refractivity contribution in [2.75, 3.05) is 31.1 Å². The van der Waals surface area contributed by atoms with Crippen LogP contribution < -0.4 is 4.90 Å². The van der Waals surface area contributed by atoms with Crippen LogP contribution in [0.5, 0.6) is 0 Å². The third-order valence-electron chi connectivity index (χ3n) is 3.81. The summed E-state index contributed by atoms with van der Waals surface area (Å²) in [6.07, 6.45) is 2.20. The molecule has 0 aromatic carbocycles. The lowest BCUT2D eigenvalue weighted by Gasteiger charge is -2.34. The number of rotatable bonds is 2. The highest BCUT2D eigenvalue weighted by Gasteiger charge is 2.34. The maximum absolute atomic E-state index is 12.0. The van der Waals surface area contributed by atoms with Gasteiger partial charge in [-0.25, -0.2) is 4.98 Å². The molecule has 0 atom stereocenters. The molecule has 1 saturated carbocycles. The van der Waals surface area contributed by atoms with Crippen LogP contribution >= 0.6 is 11.3 Å². The maximum atomic E-state index is 12.0. The molecule has 2 aliphatic rings. The average Bonchev–Trinajstić information content (AvgIpc) is 3.16. The monoisotopic (exact) mass is 265 g/mol. The van der Waals surface area contributed by atoms with E-state index in [9.17, 15) is 4.79 Å². The molecule has 1 aromatic rings. The number of nitrogens with zero attached hydrogens (tertiary/aromatic N) is 3. The van der Waals surface area contributed by atoms with Crippen molar-refractivity contribution >= 4 is 22.4 Å². The summed E-state index contributed by atoms with van der Waals surface area (Å²) in [4.78, 5) is 22.2. The van der Waals surface area contributed by atoms with Gasteiger partial charge >= 0.3 is 0 Å². The molecule has 98 valence electrons. The molecule has 1 aromatic heterocycles. The summed E-state index contributed by atoms with van der Waals surface area (Å²) >= 11 is 1.76. The molecular weight excluding hydrogens is 246 g/mol. The molecule has 2 heterocycles. The summed E-state index contributed by atoms with van der Waals surface area (Å²) in [5.74, 6) is 0.724. The van der Waals surface area contributed by atoms with Gasteiger partial charge in [-0.05, 0) is 26.7 Å². The predicted molar refractivity (Wildman–Crippen MR) is 73.1 cm³/mol. The Hall–Kier alpha value is -1.10. The molecule has 3 rings (SSSR count). The molecule has 0 N–H and O–H groups in total. The van der Waals surface area contributed by atoms with E-state index in [1.165, 1.54) is 4.88 Å². The van der Waals surface area contributed by atoms with Crippen LogP contribution in [0.4, 0.5) is 5.13 Å². The van der Waals surface area contributed by atoms with Crippen molar-refractivity contribution < 1.29 is 4.79 Å². The molecule has 2 fully saturated rings. The summed E-state index contributed by atoms with van der Waals surface area (Å²) in [7, 11) is 0. The van der Waals surface area contributed by atoms with E-state index in [-0.39, 0.29) is 0 Å². The summed E-state index contributed by atoms with van der Waals surface area (Å²) in [5, 5.41) is 1.11. The first-order chi connectivity index (χ1) is 8.65. The van der Waals surface area contributed by atoms with E-state index in [0.29, 0.717) is 11.8 Å². The molecule has 0 radical (unpaired) electrons. The Bertz CT molecular complexity index is 439. The molecule has 1 aliphatic carbocycles. The van der Waals surface area contributed by atoms with Gasteiger partial charge in [-0.1, -0.05) is 0 Å². The zero-order valence-electron chi connectivity index (χ0n) is 11.0. The Morgan fingerprint density at radius 2 is 1.89 bits per heavy atom. The Kier molecular flexibility index (Phi) is 3.01. The second-order valence-corrected chi connectivity index (χ2v) is 6.41. The quantitative estimate of drug-likeness (QED) is 0.818. The van der Waals surface area contributed by atoms with Gasteiger partial charge in [0.15, 0.2) is 5.13 Å². The van der Waals surface area contributed by atoms with Crippen LogP contribution in [0.25, 0.3) is 0 Å². The second kappa shape index (κ2) is 4.53. The van der Waals surface area contributed by atoms with Crippen LogP contribution in [0, 0.1) is 19.8 Å². The van der Waals surface area contributed by atoms with Crippen LogP contribution in [0.15, 0.2) is 0 Å². The normalized spacial score (nSPS) is 20.3. The van der Waals surface area contributed by atoms with Crippen molar-refractivity contribution in [2.45, 2.75) is 26.7 Å². The lowest BCUT2D eigenvalue weighted by Crippen LogP contribution is -2.49. The van der Waals surface area contributed by atoms with Gasteiger partial charge < -0.3 is 9.80 Å². The molecule has 18 heavy (non-hydrogen) atoms. The van der Waals surface area contributed by atoms with Gasteiger partial charge in [-0.2, -0.15) is 0 Å². The number of anilines is 1. The first kappa shape index (κ1) is 12.0. The van der Waals surface area contributed by atoms with Crippen molar-refractivity contribution in [1.29, 1.82) is 0 Å². The standard InChI is InChI=1S/C13H19N3OS/c1-9-10(2)18-13(14-9)16-7-5-15(6-8-16)12(17)11-3-4-11/h11H,3-8H2,1-2H3. The number of aryl methyl sites for hydroxylation is 2. The van der Waals surface area contributed by atoms with E-state index in [0.717, 1.165) is 49.8 Å².